The summed E-state index contributed by atoms with van der Waals surface area (Å²) in [4.78, 5) is 55.7. The molecule has 2 amide bonds. The summed E-state index contributed by atoms with van der Waals surface area (Å²) >= 11 is 5.97. The summed E-state index contributed by atoms with van der Waals surface area (Å²) < 4.78 is 84.7. The Labute approximate surface area is 305 Å². The predicted molar refractivity (Wildman–Crippen MR) is 180 cm³/mol. The minimum atomic E-state index is -4.79. The van der Waals surface area contributed by atoms with E-state index >= 15 is 8.78 Å². The summed E-state index contributed by atoms with van der Waals surface area (Å²) in [5, 5.41) is 15.9. The van der Waals surface area contributed by atoms with E-state index in [1.807, 2.05) is 5.32 Å². The van der Waals surface area contributed by atoms with Gasteiger partial charge >= 0.3 is 18.1 Å². The molecule has 2 aliphatic heterocycles. The molecule has 5 aromatic rings. The van der Waals surface area contributed by atoms with Crippen molar-refractivity contribution in [2.75, 3.05) is 43.2 Å². The zero-order valence-corrected chi connectivity index (χ0v) is 28.9. The summed E-state index contributed by atoms with van der Waals surface area (Å²) in [6, 6.07) is 1.78. The number of rotatable bonds is 7. The van der Waals surface area contributed by atoms with Crippen molar-refractivity contribution in [2.45, 2.75) is 32.5 Å². The van der Waals surface area contributed by atoms with Gasteiger partial charge in [0.1, 0.15) is 12.0 Å². The number of carbonyl (C=O) groups excluding carboxylic acids is 2. The third-order valence-electron chi connectivity index (χ3n) is 8.88. The van der Waals surface area contributed by atoms with Gasteiger partial charge in [-0.2, -0.15) is 31.5 Å². The molecule has 0 bridgehead atoms. The van der Waals surface area contributed by atoms with Crippen molar-refractivity contribution < 1.29 is 46.1 Å². The Morgan fingerprint density at radius 2 is 1.72 bits per heavy atom. The monoisotopic (exact) mass is 775 g/mol. The number of nitrogens with zero attached hydrogens (tertiary/aromatic N) is 8. The molecule has 2 N–H and O–H groups in total. The van der Waals surface area contributed by atoms with E-state index in [0.29, 0.717) is 28.1 Å². The molecule has 15 nitrogen and oxygen atoms in total. The Morgan fingerprint density at radius 1 is 1.00 bits per heavy atom. The van der Waals surface area contributed by atoms with Crippen molar-refractivity contribution >= 4 is 40.6 Å². The molecule has 7 rings (SSSR count). The summed E-state index contributed by atoms with van der Waals surface area (Å²) in [7, 11) is 0. The van der Waals surface area contributed by atoms with Crippen LogP contribution in [0.15, 0.2) is 47.5 Å². The molecule has 2 aliphatic rings. The number of piperazine rings is 1. The molecule has 0 unspecified atom stereocenters. The number of carbonyl (C=O) groups is 2. The second-order valence-electron chi connectivity index (χ2n) is 12.1. The largest absolute Gasteiger partial charge is 0.504 e. The average molecular weight is 776 g/mol. The highest BCUT2D eigenvalue weighted by Crippen LogP contribution is 2.38. The van der Waals surface area contributed by atoms with E-state index in [0.717, 1.165) is 12.4 Å². The minimum absolute atomic E-state index is 0.0228. The lowest BCUT2D eigenvalue weighted by molar-refractivity contribution is -0.154. The van der Waals surface area contributed by atoms with Crippen LogP contribution in [0, 0.1) is 6.92 Å². The molecule has 0 radical (unpaired) electrons. The van der Waals surface area contributed by atoms with E-state index < -0.39 is 57.4 Å². The number of alkyl halides is 5. The standard InChI is InChI=1S/C33H27ClF5N9O6/c1-3-21-25(45-8-10-46(11-9-45)28(50)24-26(49)16(2)40-14-41-24)29(51)48-31(43-27(44-48)17-4-7-22-23(12-17)54-15-53-22)47(21)33(38,39)30(52)42-20-6-5-18(13-19(20)34)32(35,36)37/h4-7,12-14,49H,3,8-11,15H2,1-2H3,(H,42,52). The number of halogens is 6. The van der Waals surface area contributed by atoms with Gasteiger partial charge in [-0.3, -0.25) is 14.4 Å². The van der Waals surface area contributed by atoms with Crippen molar-refractivity contribution in [2.24, 2.45) is 0 Å². The van der Waals surface area contributed by atoms with Crippen LogP contribution in [-0.2, 0) is 23.4 Å². The number of anilines is 2. The van der Waals surface area contributed by atoms with Gasteiger partial charge in [-0.15, -0.1) is 5.10 Å². The topological polar surface area (TPSA) is 169 Å². The molecule has 21 heteroatoms. The van der Waals surface area contributed by atoms with Gasteiger partial charge in [-0.05, 0) is 49.7 Å². The number of amides is 2. The van der Waals surface area contributed by atoms with E-state index in [2.05, 4.69) is 20.1 Å². The smallest absolute Gasteiger partial charge is 0.416 e. The Hall–Kier alpha value is -6.05. The first kappa shape index (κ1) is 36.3. The van der Waals surface area contributed by atoms with Gasteiger partial charge in [0.2, 0.25) is 12.6 Å². The second kappa shape index (κ2) is 13.4. The first-order valence-corrected chi connectivity index (χ1v) is 16.5. The molecule has 3 aromatic heterocycles. The molecule has 0 spiro atoms. The first-order valence-electron chi connectivity index (χ1n) is 16.2. The molecule has 1 fully saturated rings. The van der Waals surface area contributed by atoms with Crippen molar-refractivity contribution in [3.63, 3.8) is 0 Å². The zero-order valence-electron chi connectivity index (χ0n) is 28.1. The highest BCUT2D eigenvalue weighted by Gasteiger charge is 2.46. The Morgan fingerprint density at radius 3 is 2.41 bits per heavy atom. The third-order valence-corrected chi connectivity index (χ3v) is 9.20. The van der Waals surface area contributed by atoms with Crippen molar-refractivity contribution in [3.05, 3.63) is 80.7 Å². The lowest BCUT2D eigenvalue weighted by Gasteiger charge is -2.37. The van der Waals surface area contributed by atoms with Crippen LogP contribution in [0.1, 0.15) is 34.4 Å². The van der Waals surface area contributed by atoms with E-state index in [1.54, 1.807) is 0 Å². The zero-order chi connectivity index (χ0) is 38.7. The van der Waals surface area contributed by atoms with Crippen LogP contribution in [-0.4, -0.2) is 83.9 Å². The lowest BCUT2D eigenvalue weighted by atomic mass is 10.1. The number of nitrogens with one attached hydrogen (secondary N) is 1. The minimum Gasteiger partial charge on any atom is -0.504 e. The van der Waals surface area contributed by atoms with Crippen molar-refractivity contribution in [3.8, 4) is 28.6 Å². The number of aromatic hydroxyl groups is 1. The maximum absolute atomic E-state index is 16.7. The number of fused-ring (bicyclic) bond motifs is 2. The van der Waals surface area contributed by atoms with Gasteiger partial charge in [-0.1, -0.05) is 18.5 Å². The molecule has 5 heterocycles. The van der Waals surface area contributed by atoms with Gasteiger partial charge in [0.25, 0.3) is 11.5 Å². The van der Waals surface area contributed by atoms with Crippen LogP contribution in [0.2, 0.25) is 5.02 Å². The van der Waals surface area contributed by atoms with Crippen LogP contribution in [0.5, 0.6) is 17.2 Å². The maximum atomic E-state index is 16.7. The van der Waals surface area contributed by atoms with E-state index in [4.69, 9.17) is 21.1 Å². The number of aromatic nitrogens is 6. The van der Waals surface area contributed by atoms with E-state index in [1.165, 1.54) is 41.8 Å². The Balaban J connectivity index is 1.31. The number of hydrogen-bond donors (Lipinski definition) is 2. The fraction of sp³-hybridized carbons (Fsp3) is 0.303. The van der Waals surface area contributed by atoms with Gasteiger partial charge < -0.3 is 29.7 Å². The van der Waals surface area contributed by atoms with E-state index in [9.17, 15) is 32.7 Å². The fourth-order valence-electron chi connectivity index (χ4n) is 6.13. The molecule has 1 saturated heterocycles. The molecule has 54 heavy (non-hydrogen) atoms. The molecule has 0 aliphatic carbocycles. The summed E-state index contributed by atoms with van der Waals surface area (Å²) in [6.45, 7) is 2.76. The summed E-state index contributed by atoms with van der Waals surface area (Å²) in [6.07, 6.45) is -3.91. The normalized spacial score (nSPS) is 14.5. The predicted octanol–water partition coefficient (Wildman–Crippen LogP) is 4.48. The summed E-state index contributed by atoms with van der Waals surface area (Å²) in [5.74, 6) is -3.20. The summed E-state index contributed by atoms with van der Waals surface area (Å²) in [5.41, 5.74) is -2.94. The van der Waals surface area contributed by atoms with Crippen LogP contribution in [0.3, 0.4) is 0 Å². The SMILES string of the molecule is CCc1c(N2CCN(C(=O)c3ncnc(C)c3O)CC2)c(=O)n2nc(-c3ccc4c(c3)OCO4)nc2n1C(F)(F)C(=O)Nc1ccc(C(F)(F)F)cc1Cl. The number of ether oxygens (including phenoxy) is 2. The number of benzene rings is 2. The first-order chi connectivity index (χ1) is 25.6. The van der Waals surface area contributed by atoms with Gasteiger partial charge in [0, 0.05) is 31.7 Å². The quantitative estimate of drug-likeness (QED) is 0.224. The molecular weight excluding hydrogens is 749 g/mol. The molecule has 0 atom stereocenters. The van der Waals surface area contributed by atoms with Crippen molar-refractivity contribution in [1.29, 1.82) is 0 Å². The maximum Gasteiger partial charge on any atom is 0.416 e. The highest BCUT2D eigenvalue weighted by atomic mass is 35.5. The Bertz CT molecular complexity index is 2400. The van der Waals surface area contributed by atoms with Gasteiger partial charge in [0.05, 0.1) is 27.7 Å². The van der Waals surface area contributed by atoms with Crippen molar-refractivity contribution in [1.82, 2.24) is 34.0 Å². The second-order valence-corrected chi connectivity index (χ2v) is 12.5. The highest BCUT2D eigenvalue weighted by molar-refractivity contribution is 6.33. The molecular formula is C33H27ClF5N9O6. The van der Waals surface area contributed by atoms with Crippen LogP contribution in [0.4, 0.5) is 33.3 Å². The van der Waals surface area contributed by atoms with Gasteiger partial charge in [0.15, 0.2) is 28.8 Å². The lowest BCUT2D eigenvalue weighted by Crippen LogP contribution is -2.51. The average Bonchev–Trinajstić information content (AvgIpc) is 3.80. The molecule has 0 saturated carbocycles. The van der Waals surface area contributed by atoms with Crippen LogP contribution >= 0.6 is 11.6 Å². The molecule has 282 valence electrons. The Kier molecular flexibility index (Phi) is 9.02. The number of hydrogen-bond acceptors (Lipinski definition) is 11. The van der Waals surface area contributed by atoms with Crippen LogP contribution < -0.4 is 25.2 Å². The van der Waals surface area contributed by atoms with Crippen LogP contribution in [0.25, 0.3) is 17.2 Å². The van der Waals surface area contributed by atoms with Gasteiger partial charge in [-0.25, -0.2) is 14.5 Å². The third kappa shape index (κ3) is 6.24. The fourth-order valence-corrected chi connectivity index (χ4v) is 6.36. The van der Waals surface area contributed by atoms with E-state index in [-0.39, 0.29) is 78.1 Å². The molecule has 2 aromatic carbocycles. The number of aryl methyl sites for hydroxylation is 1.